The molecular formula is C19H23ClN4O. The maximum atomic E-state index is 12.0. The highest BCUT2D eigenvalue weighted by Crippen LogP contribution is 2.14. The Hall–Kier alpha value is -2.53. The Labute approximate surface area is 153 Å². The first-order valence-corrected chi connectivity index (χ1v) is 8.50. The van der Waals surface area contributed by atoms with Crippen LogP contribution in [0.15, 0.2) is 53.5 Å². The van der Waals surface area contributed by atoms with Gasteiger partial charge in [-0.25, -0.2) is 0 Å². The number of aryl methyl sites for hydroxylation is 1. The zero-order valence-electron chi connectivity index (χ0n) is 14.5. The van der Waals surface area contributed by atoms with E-state index in [9.17, 15) is 4.79 Å². The van der Waals surface area contributed by atoms with Gasteiger partial charge in [0.15, 0.2) is 5.96 Å². The van der Waals surface area contributed by atoms with Crippen LogP contribution < -0.4 is 16.0 Å². The van der Waals surface area contributed by atoms with Crippen LogP contribution in [0.2, 0.25) is 5.02 Å². The second-order valence-corrected chi connectivity index (χ2v) is 5.98. The lowest BCUT2D eigenvalue weighted by atomic mass is 10.1. The Morgan fingerprint density at radius 2 is 1.68 bits per heavy atom. The lowest BCUT2D eigenvalue weighted by Crippen LogP contribution is -2.41. The number of aliphatic imine (C=N–C) groups is 1. The van der Waals surface area contributed by atoms with Gasteiger partial charge < -0.3 is 16.0 Å². The van der Waals surface area contributed by atoms with Crippen LogP contribution in [0.1, 0.15) is 21.5 Å². The highest BCUT2D eigenvalue weighted by molar-refractivity contribution is 6.33. The molecule has 3 N–H and O–H groups in total. The number of nitrogens with one attached hydrogen (secondary N) is 3. The molecule has 0 aromatic heterocycles. The van der Waals surface area contributed by atoms with Crippen molar-refractivity contribution in [3.05, 3.63) is 70.2 Å². The molecule has 0 aliphatic rings. The summed E-state index contributed by atoms with van der Waals surface area (Å²) in [6, 6.07) is 15.3. The van der Waals surface area contributed by atoms with E-state index in [4.69, 9.17) is 11.6 Å². The van der Waals surface area contributed by atoms with Gasteiger partial charge >= 0.3 is 0 Å². The van der Waals surface area contributed by atoms with E-state index in [0.717, 1.165) is 0 Å². The molecule has 0 spiro atoms. The number of hydrogen-bond acceptors (Lipinski definition) is 2. The van der Waals surface area contributed by atoms with E-state index >= 15 is 0 Å². The Bertz CT molecular complexity index is 728. The van der Waals surface area contributed by atoms with Crippen LogP contribution in [-0.4, -0.2) is 32.0 Å². The Morgan fingerprint density at radius 1 is 1.00 bits per heavy atom. The molecule has 132 valence electrons. The molecule has 2 rings (SSSR count). The van der Waals surface area contributed by atoms with E-state index in [2.05, 4.69) is 52.1 Å². The van der Waals surface area contributed by atoms with Gasteiger partial charge in [0.1, 0.15) is 0 Å². The lowest BCUT2D eigenvalue weighted by Gasteiger charge is -2.13. The summed E-state index contributed by atoms with van der Waals surface area (Å²) in [5.74, 6) is 0.502. The smallest absolute Gasteiger partial charge is 0.252 e. The fourth-order valence-corrected chi connectivity index (χ4v) is 2.43. The van der Waals surface area contributed by atoms with Gasteiger partial charge in [-0.05, 0) is 24.6 Å². The lowest BCUT2D eigenvalue weighted by molar-refractivity contribution is 0.0954. The van der Waals surface area contributed by atoms with E-state index in [-0.39, 0.29) is 5.91 Å². The van der Waals surface area contributed by atoms with Crippen molar-refractivity contribution in [2.24, 2.45) is 4.99 Å². The van der Waals surface area contributed by atoms with E-state index in [1.165, 1.54) is 11.1 Å². The molecule has 0 aliphatic heterocycles. The zero-order valence-corrected chi connectivity index (χ0v) is 15.2. The van der Waals surface area contributed by atoms with E-state index in [1.807, 2.05) is 0 Å². The quantitative estimate of drug-likeness (QED) is 0.422. The van der Waals surface area contributed by atoms with Crippen molar-refractivity contribution < 1.29 is 4.79 Å². The summed E-state index contributed by atoms with van der Waals surface area (Å²) in [4.78, 5) is 16.2. The summed E-state index contributed by atoms with van der Waals surface area (Å²) < 4.78 is 0. The summed E-state index contributed by atoms with van der Waals surface area (Å²) in [7, 11) is 1.72. The van der Waals surface area contributed by atoms with Gasteiger partial charge in [-0.1, -0.05) is 53.6 Å². The van der Waals surface area contributed by atoms with Crippen molar-refractivity contribution in [3.63, 3.8) is 0 Å². The SMILES string of the molecule is CN=C(NCCNC(=O)c1ccccc1Cl)NCc1ccc(C)cc1. The molecule has 0 saturated heterocycles. The van der Waals surface area contributed by atoms with Crippen LogP contribution in [0.3, 0.4) is 0 Å². The van der Waals surface area contributed by atoms with E-state index in [0.29, 0.717) is 36.2 Å². The number of rotatable bonds is 6. The molecule has 2 aromatic rings. The third-order valence-corrected chi connectivity index (χ3v) is 3.96. The number of hydrogen-bond donors (Lipinski definition) is 3. The van der Waals surface area contributed by atoms with E-state index in [1.54, 1.807) is 31.3 Å². The summed E-state index contributed by atoms with van der Waals surface area (Å²) in [5.41, 5.74) is 2.90. The molecule has 2 aromatic carbocycles. The normalized spacial score (nSPS) is 11.1. The summed E-state index contributed by atoms with van der Waals surface area (Å²) >= 11 is 6.01. The standard InChI is InChI=1S/C19H23ClN4O/c1-14-7-9-15(10-8-14)13-24-19(21-2)23-12-11-22-18(25)16-5-3-4-6-17(16)20/h3-10H,11-13H2,1-2H3,(H,22,25)(H2,21,23,24). The molecule has 0 aliphatic carbocycles. The molecule has 0 heterocycles. The highest BCUT2D eigenvalue weighted by atomic mass is 35.5. The molecule has 1 amide bonds. The maximum absolute atomic E-state index is 12.0. The molecule has 0 atom stereocenters. The average molecular weight is 359 g/mol. The zero-order chi connectivity index (χ0) is 18.1. The highest BCUT2D eigenvalue weighted by Gasteiger charge is 2.08. The first-order valence-electron chi connectivity index (χ1n) is 8.13. The van der Waals surface area contributed by atoms with Crippen LogP contribution in [0.4, 0.5) is 0 Å². The van der Waals surface area contributed by atoms with Crippen LogP contribution in [0, 0.1) is 6.92 Å². The number of carbonyl (C=O) groups is 1. The second kappa shape index (κ2) is 9.69. The molecular weight excluding hydrogens is 336 g/mol. The van der Waals surface area contributed by atoms with Crippen molar-refractivity contribution in [3.8, 4) is 0 Å². The van der Waals surface area contributed by atoms with Crippen molar-refractivity contribution in [2.75, 3.05) is 20.1 Å². The van der Waals surface area contributed by atoms with Crippen molar-refractivity contribution in [1.29, 1.82) is 0 Å². The van der Waals surface area contributed by atoms with Crippen LogP contribution in [-0.2, 0) is 6.54 Å². The van der Waals surface area contributed by atoms with Crippen molar-refractivity contribution in [1.82, 2.24) is 16.0 Å². The Kier molecular flexibility index (Phi) is 7.29. The van der Waals surface area contributed by atoms with Crippen molar-refractivity contribution in [2.45, 2.75) is 13.5 Å². The van der Waals surface area contributed by atoms with Gasteiger partial charge in [0, 0.05) is 26.7 Å². The molecule has 6 heteroatoms. The van der Waals surface area contributed by atoms with Gasteiger partial charge in [-0.15, -0.1) is 0 Å². The number of guanidine groups is 1. The number of halogens is 1. The second-order valence-electron chi connectivity index (χ2n) is 5.57. The average Bonchev–Trinajstić information content (AvgIpc) is 2.62. The minimum absolute atomic E-state index is 0.185. The third kappa shape index (κ3) is 6.12. The molecule has 25 heavy (non-hydrogen) atoms. The molecule has 0 fully saturated rings. The predicted octanol–water partition coefficient (Wildman–Crippen LogP) is 2.74. The minimum atomic E-state index is -0.185. The van der Waals surface area contributed by atoms with Crippen molar-refractivity contribution >= 4 is 23.5 Å². The fraction of sp³-hybridized carbons (Fsp3) is 0.263. The topological polar surface area (TPSA) is 65.5 Å². The molecule has 0 saturated carbocycles. The van der Waals surface area contributed by atoms with Crippen LogP contribution in [0.5, 0.6) is 0 Å². The van der Waals surface area contributed by atoms with Crippen LogP contribution in [0.25, 0.3) is 0 Å². The van der Waals surface area contributed by atoms with E-state index < -0.39 is 0 Å². The summed E-state index contributed by atoms with van der Waals surface area (Å²) in [6.45, 7) is 3.78. The number of carbonyl (C=O) groups excluding carboxylic acids is 1. The van der Waals surface area contributed by atoms with Gasteiger partial charge in [0.2, 0.25) is 0 Å². The molecule has 0 bridgehead atoms. The molecule has 0 unspecified atom stereocenters. The minimum Gasteiger partial charge on any atom is -0.355 e. The van der Waals surface area contributed by atoms with Crippen LogP contribution >= 0.6 is 11.6 Å². The Morgan fingerprint density at radius 3 is 2.36 bits per heavy atom. The Balaban J connectivity index is 1.71. The number of nitrogens with zero attached hydrogens (tertiary/aromatic N) is 1. The fourth-order valence-electron chi connectivity index (χ4n) is 2.21. The number of benzene rings is 2. The predicted molar refractivity (Wildman–Crippen MR) is 103 cm³/mol. The van der Waals surface area contributed by atoms with Gasteiger partial charge in [-0.3, -0.25) is 9.79 Å². The number of amides is 1. The third-order valence-electron chi connectivity index (χ3n) is 3.63. The van der Waals surface area contributed by atoms with Gasteiger partial charge in [0.25, 0.3) is 5.91 Å². The first-order chi connectivity index (χ1) is 12.1. The van der Waals surface area contributed by atoms with Gasteiger partial charge in [0.05, 0.1) is 10.6 Å². The largest absolute Gasteiger partial charge is 0.355 e. The molecule has 0 radical (unpaired) electrons. The summed E-state index contributed by atoms with van der Waals surface area (Å²) in [6.07, 6.45) is 0. The summed E-state index contributed by atoms with van der Waals surface area (Å²) in [5, 5.41) is 9.68. The maximum Gasteiger partial charge on any atom is 0.252 e. The first kappa shape index (κ1) is 18.8. The monoisotopic (exact) mass is 358 g/mol. The van der Waals surface area contributed by atoms with Gasteiger partial charge in [-0.2, -0.15) is 0 Å². The molecule has 5 nitrogen and oxygen atoms in total.